The molecule has 0 aromatic heterocycles. The molecule has 0 spiro atoms. The van der Waals surface area contributed by atoms with Gasteiger partial charge in [-0.3, -0.25) is 9.69 Å². The Bertz CT molecular complexity index is 1040. The minimum atomic E-state index is -3.73. The molecule has 7 nitrogen and oxygen atoms in total. The van der Waals surface area contributed by atoms with Crippen molar-refractivity contribution in [2.24, 2.45) is 0 Å². The normalized spacial score (nSPS) is 21.0. The summed E-state index contributed by atoms with van der Waals surface area (Å²) >= 11 is 0. The number of nitrogens with one attached hydrogen (secondary N) is 1. The van der Waals surface area contributed by atoms with Gasteiger partial charge in [0.25, 0.3) is 0 Å². The third-order valence-corrected chi connectivity index (χ3v) is 8.83. The molecule has 0 radical (unpaired) electrons. The summed E-state index contributed by atoms with van der Waals surface area (Å²) in [6, 6.07) is 15.8. The summed E-state index contributed by atoms with van der Waals surface area (Å²) in [4.78, 5) is 16.0. The zero-order valence-corrected chi connectivity index (χ0v) is 20.7. The molecule has 0 bridgehead atoms. The van der Waals surface area contributed by atoms with Gasteiger partial charge in [0.15, 0.2) is 0 Å². The van der Waals surface area contributed by atoms with Crippen LogP contribution in [-0.2, 0) is 14.8 Å². The van der Waals surface area contributed by atoms with E-state index in [1.165, 1.54) is 10.7 Å². The number of sulfonamides is 1. The topological polar surface area (TPSA) is 79.0 Å². The highest BCUT2D eigenvalue weighted by atomic mass is 32.2. The second kappa shape index (κ2) is 11.3. The lowest BCUT2D eigenvalue weighted by molar-refractivity contribution is -0.126. The lowest BCUT2D eigenvalue weighted by Crippen LogP contribution is -2.53. The molecule has 2 saturated heterocycles. The van der Waals surface area contributed by atoms with Gasteiger partial charge in [-0.15, -0.1) is 0 Å². The van der Waals surface area contributed by atoms with E-state index in [0.29, 0.717) is 19.5 Å². The van der Waals surface area contributed by atoms with Crippen LogP contribution in [0.1, 0.15) is 50.1 Å². The molecular formula is C26H35N3O4S. The predicted molar refractivity (Wildman–Crippen MR) is 132 cm³/mol. The van der Waals surface area contributed by atoms with Crippen LogP contribution in [-0.4, -0.2) is 62.9 Å². The fourth-order valence-electron chi connectivity index (χ4n) is 5.01. The SMILES string of the molecule is COc1ccc(C(CNC(=O)C2CCCCN2S(=O)(=O)c2ccccc2)N2CCCCC2)cc1. The number of methoxy groups -OCH3 is 1. The largest absolute Gasteiger partial charge is 0.497 e. The summed E-state index contributed by atoms with van der Waals surface area (Å²) in [6.07, 6.45) is 5.66. The van der Waals surface area contributed by atoms with Crippen LogP contribution < -0.4 is 10.1 Å². The molecule has 2 aliphatic heterocycles. The van der Waals surface area contributed by atoms with E-state index in [2.05, 4.69) is 22.3 Å². The minimum Gasteiger partial charge on any atom is -0.497 e. The van der Waals surface area contributed by atoms with Gasteiger partial charge in [-0.1, -0.05) is 43.2 Å². The van der Waals surface area contributed by atoms with Crippen molar-refractivity contribution in [2.45, 2.75) is 55.5 Å². The highest BCUT2D eigenvalue weighted by Gasteiger charge is 2.38. The average molecular weight is 486 g/mol. The van der Waals surface area contributed by atoms with Crippen LogP contribution in [0.25, 0.3) is 0 Å². The van der Waals surface area contributed by atoms with Crippen molar-refractivity contribution in [2.75, 3.05) is 33.3 Å². The van der Waals surface area contributed by atoms with Crippen LogP contribution in [0.3, 0.4) is 0 Å². The maximum atomic E-state index is 13.3. The van der Waals surface area contributed by atoms with Crippen molar-refractivity contribution < 1.29 is 17.9 Å². The van der Waals surface area contributed by atoms with Crippen molar-refractivity contribution in [1.82, 2.24) is 14.5 Å². The molecule has 2 heterocycles. The Hall–Kier alpha value is -2.42. The van der Waals surface area contributed by atoms with Crippen molar-refractivity contribution >= 4 is 15.9 Å². The van der Waals surface area contributed by atoms with Crippen LogP contribution >= 0.6 is 0 Å². The molecule has 2 atom stereocenters. The molecule has 2 unspecified atom stereocenters. The molecule has 2 aliphatic rings. The van der Waals surface area contributed by atoms with Gasteiger partial charge in [-0.05, 0) is 68.6 Å². The van der Waals surface area contributed by atoms with E-state index < -0.39 is 16.1 Å². The summed E-state index contributed by atoms with van der Waals surface area (Å²) in [5.41, 5.74) is 1.13. The average Bonchev–Trinajstić information content (AvgIpc) is 2.90. The molecule has 2 fully saturated rings. The van der Waals surface area contributed by atoms with Crippen LogP contribution in [0.4, 0.5) is 0 Å². The molecule has 4 rings (SSSR count). The number of carbonyl (C=O) groups excluding carboxylic acids is 1. The highest BCUT2D eigenvalue weighted by molar-refractivity contribution is 7.89. The Morgan fingerprint density at radius 3 is 2.32 bits per heavy atom. The quantitative estimate of drug-likeness (QED) is 0.618. The van der Waals surface area contributed by atoms with Crippen molar-refractivity contribution in [3.8, 4) is 5.75 Å². The first-order valence-electron chi connectivity index (χ1n) is 12.2. The van der Waals surface area contributed by atoms with Crippen molar-refractivity contribution in [3.05, 3.63) is 60.2 Å². The molecule has 1 N–H and O–H groups in total. The zero-order chi connectivity index (χ0) is 24.0. The number of nitrogens with zero attached hydrogens (tertiary/aromatic N) is 2. The number of likely N-dealkylation sites (tertiary alicyclic amines) is 1. The first kappa shape index (κ1) is 24.7. The number of amides is 1. The van der Waals surface area contributed by atoms with E-state index in [-0.39, 0.29) is 16.8 Å². The summed E-state index contributed by atoms with van der Waals surface area (Å²) in [6.45, 7) is 2.79. The van der Waals surface area contributed by atoms with Crippen molar-refractivity contribution in [3.63, 3.8) is 0 Å². The van der Waals surface area contributed by atoms with Crippen molar-refractivity contribution in [1.29, 1.82) is 0 Å². The number of ether oxygens (including phenoxy) is 1. The lowest BCUT2D eigenvalue weighted by atomic mass is 10.0. The molecule has 34 heavy (non-hydrogen) atoms. The number of hydrogen-bond donors (Lipinski definition) is 1. The standard InChI is InChI=1S/C26H35N3O4S/c1-33-22-15-13-21(14-16-22)25(28-17-7-3-8-18-28)20-27-26(30)24-12-6-9-19-29(24)34(31,32)23-10-4-2-5-11-23/h2,4-5,10-11,13-16,24-25H,3,6-9,12,17-20H2,1H3,(H,27,30). The molecule has 184 valence electrons. The molecule has 0 aliphatic carbocycles. The van der Waals surface area contributed by atoms with E-state index in [9.17, 15) is 13.2 Å². The Labute approximate surface area is 203 Å². The van der Waals surface area contributed by atoms with E-state index in [1.54, 1.807) is 37.4 Å². The third kappa shape index (κ3) is 5.62. The van der Waals surface area contributed by atoms with E-state index >= 15 is 0 Å². The number of rotatable bonds is 8. The smallest absolute Gasteiger partial charge is 0.243 e. The fraction of sp³-hybridized carbons (Fsp3) is 0.500. The monoisotopic (exact) mass is 485 g/mol. The zero-order valence-electron chi connectivity index (χ0n) is 19.9. The molecular weight excluding hydrogens is 450 g/mol. The van der Waals surface area contributed by atoms with Gasteiger partial charge in [0.2, 0.25) is 15.9 Å². The number of piperidine rings is 2. The van der Waals surface area contributed by atoms with Gasteiger partial charge in [-0.25, -0.2) is 8.42 Å². The van der Waals surface area contributed by atoms with Gasteiger partial charge in [0.1, 0.15) is 11.8 Å². The van der Waals surface area contributed by atoms with Gasteiger partial charge in [0, 0.05) is 13.1 Å². The van der Waals surface area contributed by atoms with E-state index in [0.717, 1.165) is 50.1 Å². The maximum absolute atomic E-state index is 13.3. The highest BCUT2D eigenvalue weighted by Crippen LogP contribution is 2.28. The number of carbonyl (C=O) groups is 1. The molecule has 2 aromatic carbocycles. The maximum Gasteiger partial charge on any atom is 0.243 e. The van der Waals surface area contributed by atoms with Crippen LogP contribution in [0, 0.1) is 0 Å². The first-order valence-corrected chi connectivity index (χ1v) is 13.7. The summed E-state index contributed by atoms with van der Waals surface area (Å²) in [5.74, 6) is 0.587. The summed E-state index contributed by atoms with van der Waals surface area (Å²) in [7, 11) is -2.08. The van der Waals surface area contributed by atoms with Gasteiger partial charge in [0.05, 0.1) is 18.0 Å². The predicted octanol–water partition coefficient (Wildman–Crippen LogP) is 3.58. The summed E-state index contributed by atoms with van der Waals surface area (Å²) in [5, 5.41) is 3.11. The lowest BCUT2D eigenvalue weighted by Gasteiger charge is -2.37. The van der Waals surface area contributed by atoms with Crippen LogP contribution in [0.5, 0.6) is 5.75 Å². The second-order valence-corrected chi connectivity index (χ2v) is 11.0. The molecule has 1 amide bonds. The van der Waals surface area contributed by atoms with Gasteiger partial charge < -0.3 is 10.1 Å². The molecule has 2 aromatic rings. The van der Waals surface area contributed by atoms with Crippen LogP contribution in [0.15, 0.2) is 59.5 Å². The second-order valence-electron chi connectivity index (χ2n) is 9.07. The number of hydrogen-bond acceptors (Lipinski definition) is 5. The van der Waals surface area contributed by atoms with Gasteiger partial charge in [-0.2, -0.15) is 4.31 Å². The van der Waals surface area contributed by atoms with E-state index in [4.69, 9.17) is 4.74 Å². The Balaban J connectivity index is 1.50. The molecule has 0 saturated carbocycles. The number of benzene rings is 2. The Morgan fingerprint density at radius 2 is 1.65 bits per heavy atom. The first-order chi connectivity index (χ1) is 16.5. The Kier molecular flexibility index (Phi) is 8.24. The molecule has 8 heteroatoms. The summed E-state index contributed by atoms with van der Waals surface area (Å²) < 4.78 is 33.3. The minimum absolute atomic E-state index is 0.0397. The third-order valence-electron chi connectivity index (χ3n) is 6.91. The van der Waals surface area contributed by atoms with Gasteiger partial charge >= 0.3 is 0 Å². The fourth-order valence-corrected chi connectivity index (χ4v) is 6.69. The Morgan fingerprint density at radius 1 is 0.971 bits per heavy atom. The van der Waals surface area contributed by atoms with E-state index in [1.807, 2.05) is 12.1 Å². The van der Waals surface area contributed by atoms with Crippen LogP contribution in [0.2, 0.25) is 0 Å².